The van der Waals surface area contributed by atoms with Gasteiger partial charge in [-0.1, -0.05) is 114 Å². The molecule has 0 heterocycles. The summed E-state index contributed by atoms with van der Waals surface area (Å²) in [6.45, 7) is 0. The van der Waals surface area contributed by atoms with Crippen molar-refractivity contribution >= 4 is 76.1 Å². The first-order chi connectivity index (χ1) is 16.3. The van der Waals surface area contributed by atoms with Gasteiger partial charge in [0.25, 0.3) is 0 Å². The minimum Gasteiger partial charge on any atom is -0.871 e. The van der Waals surface area contributed by atoms with Crippen LogP contribution in [0.4, 0.5) is 0 Å². The van der Waals surface area contributed by atoms with Crippen LogP contribution in [0.2, 0.25) is 0 Å². The molecule has 2 aromatic carbocycles. The summed E-state index contributed by atoms with van der Waals surface area (Å²) in [6.07, 6.45) is 15.7. The SMILES string of the molecule is [Cu+2].[O-]c1c(Br)cc(Br)cc1C=NC1CCCCC1.[O-]c1c(Br)cc(Br)cc1C=NC1CCCCC1. The number of hydrogen-bond donors (Lipinski definition) is 0. The van der Waals surface area contributed by atoms with E-state index in [1.165, 1.54) is 38.5 Å². The Balaban J connectivity index is 0.000000240. The summed E-state index contributed by atoms with van der Waals surface area (Å²) in [5.74, 6) is 0.0144. The minimum atomic E-state index is 0. The van der Waals surface area contributed by atoms with Gasteiger partial charge in [0.15, 0.2) is 0 Å². The molecule has 2 aliphatic rings. The summed E-state index contributed by atoms with van der Waals surface area (Å²) in [5, 5.41) is 23.7. The first kappa shape index (κ1) is 31.0. The Morgan fingerprint density at radius 1 is 0.600 bits per heavy atom. The Morgan fingerprint density at radius 2 is 0.943 bits per heavy atom. The van der Waals surface area contributed by atoms with E-state index in [0.717, 1.165) is 34.6 Å². The summed E-state index contributed by atoms with van der Waals surface area (Å²) >= 11 is 13.3. The molecular formula is C26H28Br4CuN2O2. The molecule has 0 N–H and O–H groups in total. The third kappa shape index (κ3) is 10.2. The van der Waals surface area contributed by atoms with Gasteiger partial charge >= 0.3 is 17.1 Å². The average Bonchev–Trinajstić information content (AvgIpc) is 2.83. The van der Waals surface area contributed by atoms with Crippen LogP contribution in [0.15, 0.2) is 52.1 Å². The number of aliphatic imine (C=N–C) groups is 2. The van der Waals surface area contributed by atoms with Crippen molar-refractivity contribution in [2.45, 2.75) is 76.3 Å². The number of rotatable bonds is 4. The number of nitrogens with zero attached hydrogens (tertiary/aromatic N) is 2. The molecule has 4 rings (SSSR count). The van der Waals surface area contributed by atoms with Gasteiger partial charge in [-0.25, -0.2) is 0 Å². The number of benzene rings is 2. The van der Waals surface area contributed by atoms with Gasteiger partial charge in [-0.15, -0.1) is 0 Å². The minimum absolute atomic E-state index is 0. The zero-order valence-corrected chi connectivity index (χ0v) is 26.5. The van der Waals surface area contributed by atoms with E-state index in [-0.39, 0.29) is 28.6 Å². The van der Waals surface area contributed by atoms with Crippen molar-refractivity contribution in [3.63, 3.8) is 0 Å². The molecule has 0 atom stereocenters. The Labute approximate surface area is 252 Å². The van der Waals surface area contributed by atoms with Crippen LogP contribution in [-0.4, -0.2) is 24.5 Å². The maximum Gasteiger partial charge on any atom is 2.00 e. The Hall–Kier alpha value is -0.181. The summed E-state index contributed by atoms with van der Waals surface area (Å²) in [6, 6.07) is 7.97. The predicted octanol–water partition coefficient (Wildman–Crippen LogP) is 8.07. The standard InChI is InChI=1S/2C13H15Br2NO.Cu/c2*14-10-6-9(13(17)12(15)7-10)8-16-11-4-2-1-3-5-11;/h2*6-8,11,17H,1-5H2;/q;;+2/p-2. The molecule has 2 aromatic rings. The van der Waals surface area contributed by atoms with E-state index in [2.05, 4.69) is 73.7 Å². The fourth-order valence-corrected chi connectivity index (χ4v) is 6.70. The monoisotopic (exact) mass is 779 g/mol. The fourth-order valence-electron chi connectivity index (χ4n) is 4.18. The second-order valence-corrected chi connectivity index (χ2v) is 12.3. The van der Waals surface area contributed by atoms with Gasteiger partial charge in [0.2, 0.25) is 0 Å². The summed E-state index contributed by atoms with van der Waals surface area (Å²) in [5.41, 5.74) is 1.30. The Bertz CT molecular complexity index is 939. The molecule has 35 heavy (non-hydrogen) atoms. The van der Waals surface area contributed by atoms with Crippen LogP contribution in [0, 0.1) is 0 Å². The van der Waals surface area contributed by atoms with E-state index in [4.69, 9.17) is 0 Å². The van der Waals surface area contributed by atoms with E-state index in [1.807, 2.05) is 12.1 Å². The van der Waals surface area contributed by atoms with Crippen molar-refractivity contribution in [1.29, 1.82) is 0 Å². The quantitative estimate of drug-likeness (QED) is 0.233. The molecule has 0 unspecified atom stereocenters. The largest absolute Gasteiger partial charge is 2.00 e. The second-order valence-electron chi connectivity index (χ2n) is 8.75. The molecule has 0 amide bonds. The summed E-state index contributed by atoms with van der Waals surface area (Å²) in [7, 11) is 0. The fraction of sp³-hybridized carbons (Fsp3) is 0.462. The van der Waals surface area contributed by atoms with E-state index in [0.29, 0.717) is 32.2 Å². The van der Waals surface area contributed by atoms with Crippen LogP contribution in [0.3, 0.4) is 0 Å². The Kier molecular flexibility index (Phi) is 14.1. The van der Waals surface area contributed by atoms with Gasteiger partial charge in [-0.3, -0.25) is 9.98 Å². The third-order valence-corrected chi connectivity index (χ3v) is 8.17. The molecule has 9 heteroatoms. The first-order valence-electron chi connectivity index (χ1n) is 11.7. The second kappa shape index (κ2) is 15.9. The number of halogens is 4. The molecule has 2 aliphatic carbocycles. The van der Waals surface area contributed by atoms with Crippen LogP contribution in [-0.2, 0) is 17.1 Å². The molecule has 193 valence electrons. The van der Waals surface area contributed by atoms with Gasteiger partial charge < -0.3 is 10.2 Å². The van der Waals surface area contributed by atoms with Crippen molar-refractivity contribution in [2.24, 2.45) is 9.98 Å². The van der Waals surface area contributed by atoms with Crippen LogP contribution in [0.1, 0.15) is 75.3 Å². The smallest absolute Gasteiger partial charge is 0.871 e. The normalized spacial score (nSPS) is 17.3. The van der Waals surface area contributed by atoms with Crippen molar-refractivity contribution in [1.82, 2.24) is 0 Å². The summed E-state index contributed by atoms with van der Waals surface area (Å²) in [4.78, 5) is 9.06. The summed E-state index contributed by atoms with van der Waals surface area (Å²) < 4.78 is 2.96. The molecule has 0 bridgehead atoms. The van der Waals surface area contributed by atoms with Crippen LogP contribution in [0.25, 0.3) is 0 Å². The zero-order valence-electron chi connectivity index (χ0n) is 19.2. The molecular weight excluding hydrogens is 755 g/mol. The van der Waals surface area contributed by atoms with Gasteiger partial charge in [0.1, 0.15) is 0 Å². The molecule has 0 spiro atoms. The van der Waals surface area contributed by atoms with E-state index < -0.39 is 0 Å². The topological polar surface area (TPSA) is 70.8 Å². The van der Waals surface area contributed by atoms with E-state index in [9.17, 15) is 10.2 Å². The molecule has 1 radical (unpaired) electrons. The van der Waals surface area contributed by atoms with Crippen molar-refractivity contribution < 1.29 is 27.3 Å². The van der Waals surface area contributed by atoms with Gasteiger partial charge in [-0.2, -0.15) is 0 Å². The molecule has 4 nitrogen and oxygen atoms in total. The first-order valence-corrected chi connectivity index (χ1v) is 14.9. The van der Waals surface area contributed by atoms with Crippen molar-refractivity contribution in [2.75, 3.05) is 0 Å². The maximum atomic E-state index is 11.8. The molecule has 0 saturated heterocycles. The predicted molar refractivity (Wildman–Crippen MR) is 152 cm³/mol. The Morgan fingerprint density at radius 3 is 1.29 bits per heavy atom. The molecule has 0 aliphatic heterocycles. The zero-order chi connectivity index (χ0) is 24.5. The maximum absolute atomic E-state index is 11.8. The van der Waals surface area contributed by atoms with Gasteiger partial charge in [-0.05, 0) is 61.1 Å². The number of hydrogen-bond acceptors (Lipinski definition) is 4. The van der Waals surface area contributed by atoms with E-state index in [1.54, 1.807) is 24.6 Å². The van der Waals surface area contributed by atoms with Crippen molar-refractivity contribution in [3.8, 4) is 11.5 Å². The van der Waals surface area contributed by atoms with Crippen molar-refractivity contribution in [3.05, 3.63) is 53.3 Å². The molecule has 2 saturated carbocycles. The van der Waals surface area contributed by atoms with Crippen LogP contribution in [0.5, 0.6) is 11.5 Å². The van der Waals surface area contributed by atoms with Crippen LogP contribution < -0.4 is 10.2 Å². The third-order valence-electron chi connectivity index (χ3n) is 6.07. The molecule has 0 aromatic heterocycles. The van der Waals surface area contributed by atoms with Crippen LogP contribution >= 0.6 is 63.7 Å². The van der Waals surface area contributed by atoms with Gasteiger partial charge in [0.05, 0.1) is 0 Å². The average molecular weight is 784 g/mol. The van der Waals surface area contributed by atoms with Gasteiger partial charge in [0, 0.05) is 42.4 Å². The van der Waals surface area contributed by atoms with E-state index >= 15 is 0 Å². The molecule has 2 fully saturated rings.